The van der Waals surface area contributed by atoms with Gasteiger partial charge in [-0.15, -0.1) is 0 Å². The Balaban J connectivity index is 0.00000158. The second-order valence-electron chi connectivity index (χ2n) is 9.81. The van der Waals surface area contributed by atoms with Gasteiger partial charge in [-0.2, -0.15) is 0 Å². The van der Waals surface area contributed by atoms with Crippen molar-refractivity contribution in [3.8, 4) is 28.2 Å². The summed E-state index contributed by atoms with van der Waals surface area (Å²) >= 11 is 6.24. The van der Waals surface area contributed by atoms with E-state index in [4.69, 9.17) is 30.7 Å². The van der Waals surface area contributed by atoms with Crippen molar-refractivity contribution in [2.75, 3.05) is 12.4 Å². The number of aldehydes is 1. The molecular formula is C31H29ClN2O6. The molecule has 1 fully saturated rings. The number of fused-ring (bicyclic) bond motifs is 3. The number of carbonyl (C=O) groups excluding carboxylic acids is 2. The molecule has 4 aromatic rings. The van der Waals surface area contributed by atoms with Crippen LogP contribution in [0, 0.1) is 6.92 Å². The van der Waals surface area contributed by atoms with Gasteiger partial charge in [0.15, 0.2) is 5.76 Å². The minimum Gasteiger partial charge on any atom is -0.488 e. The first-order valence-electron chi connectivity index (χ1n) is 12.9. The van der Waals surface area contributed by atoms with Crippen LogP contribution in [-0.2, 0) is 21.6 Å². The molecule has 6 rings (SSSR count). The van der Waals surface area contributed by atoms with Gasteiger partial charge in [0.1, 0.15) is 36.1 Å². The molecule has 1 amide bonds. The molecular weight excluding hydrogens is 532 g/mol. The average molecular weight is 561 g/mol. The van der Waals surface area contributed by atoms with Crippen molar-refractivity contribution < 1.29 is 28.7 Å². The highest BCUT2D eigenvalue weighted by atomic mass is 35.5. The maximum atomic E-state index is 12.7. The number of aryl methyl sites for hydroxylation is 1. The number of nitrogens with zero attached hydrogens (tertiary/aromatic N) is 1. The molecule has 1 aromatic heterocycles. The minimum absolute atomic E-state index is 0.320. The van der Waals surface area contributed by atoms with Gasteiger partial charge < -0.3 is 23.9 Å². The van der Waals surface area contributed by atoms with Gasteiger partial charge in [0, 0.05) is 28.8 Å². The summed E-state index contributed by atoms with van der Waals surface area (Å²) in [5, 5.41) is 14.4. The van der Waals surface area contributed by atoms with E-state index in [0.717, 1.165) is 48.5 Å². The van der Waals surface area contributed by atoms with Crippen molar-refractivity contribution in [2.45, 2.75) is 44.8 Å². The van der Waals surface area contributed by atoms with E-state index < -0.39 is 12.2 Å². The number of aliphatic hydroxyl groups is 1. The van der Waals surface area contributed by atoms with E-state index in [9.17, 15) is 9.59 Å². The monoisotopic (exact) mass is 560 g/mol. The number of rotatable bonds is 6. The van der Waals surface area contributed by atoms with Crippen molar-refractivity contribution >= 4 is 29.7 Å². The summed E-state index contributed by atoms with van der Waals surface area (Å²) in [5.41, 5.74) is 6.18. The number of hydrogen-bond acceptors (Lipinski definition) is 7. The molecule has 8 nitrogen and oxygen atoms in total. The van der Waals surface area contributed by atoms with Crippen molar-refractivity contribution in [3.63, 3.8) is 0 Å². The van der Waals surface area contributed by atoms with Crippen LogP contribution in [0.3, 0.4) is 0 Å². The van der Waals surface area contributed by atoms with Gasteiger partial charge in [-0.25, -0.2) is 4.79 Å². The molecule has 2 aliphatic rings. The molecule has 0 bridgehead atoms. The second-order valence-corrected chi connectivity index (χ2v) is 10.2. The first kappa shape index (κ1) is 27.4. The number of halogens is 1. The van der Waals surface area contributed by atoms with E-state index >= 15 is 0 Å². The Kier molecular flexibility index (Phi) is 7.65. The van der Waals surface area contributed by atoms with Crippen LogP contribution in [0.5, 0.6) is 5.75 Å². The number of benzene rings is 3. The lowest BCUT2D eigenvalue weighted by Gasteiger charge is -2.23. The molecule has 1 saturated carbocycles. The summed E-state index contributed by atoms with van der Waals surface area (Å²) in [7, 11) is 1.00. The fraction of sp³-hybridized carbons (Fsp3) is 0.258. The SMILES string of the molecule is CO.Cc1noc(-c2ccc3c(c2)OCc2cc(C4(C=O)CC4)ccc2-3)c1NC(=O)OC(C)c1ccccc1Cl. The standard InChI is InChI=1S/C30H25ClN2O5.CH4O/c1-17-27(32-29(35)37-18(2)22-5-3-4-6-25(22)31)28(38-33-17)19-7-9-24-23-10-8-21(30(16-34)11-12-30)13-20(23)15-36-26(24)14-19;1-2/h3-10,13-14,16,18H,11-12,15H2,1-2H3,(H,32,35);2H,1H3. The number of carbonyl (C=O) groups is 2. The normalized spacial score (nSPS) is 14.8. The lowest BCUT2D eigenvalue weighted by Crippen LogP contribution is -2.17. The predicted molar refractivity (Wildman–Crippen MR) is 152 cm³/mol. The van der Waals surface area contributed by atoms with Crippen LogP contribution in [0.4, 0.5) is 10.5 Å². The number of nitrogens with one attached hydrogen (secondary N) is 1. The summed E-state index contributed by atoms with van der Waals surface area (Å²) in [6.45, 7) is 3.91. The number of hydrogen-bond donors (Lipinski definition) is 2. The van der Waals surface area contributed by atoms with Crippen molar-refractivity contribution in [1.29, 1.82) is 0 Å². The van der Waals surface area contributed by atoms with E-state index in [2.05, 4.69) is 22.6 Å². The third kappa shape index (κ3) is 5.08. The molecule has 40 heavy (non-hydrogen) atoms. The van der Waals surface area contributed by atoms with Crippen LogP contribution in [-0.4, -0.2) is 29.8 Å². The molecule has 9 heteroatoms. The Morgan fingerprint density at radius 3 is 2.60 bits per heavy atom. The van der Waals surface area contributed by atoms with Gasteiger partial charge in [-0.3, -0.25) is 5.32 Å². The van der Waals surface area contributed by atoms with Crippen LogP contribution < -0.4 is 10.1 Å². The molecule has 1 unspecified atom stereocenters. The maximum Gasteiger partial charge on any atom is 0.412 e. The lowest BCUT2D eigenvalue weighted by atomic mass is 9.89. The Bertz CT molecular complexity index is 1580. The highest BCUT2D eigenvalue weighted by Gasteiger charge is 2.44. The first-order valence-corrected chi connectivity index (χ1v) is 13.3. The van der Waals surface area contributed by atoms with Crippen LogP contribution >= 0.6 is 11.6 Å². The Hall–Kier alpha value is -4.14. The molecule has 2 heterocycles. The van der Waals surface area contributed by atoms with Gasteiger partial charge >= 0.3 is 6.09 Å². The Labute approximate surface area is 236 Å². The molecule has 1 aliphatic carbocycles. The molecule has 0 saturated heterocycles. The number of aliphatic hydroxyl groups excluding tert-OH is 1. The van der Waals surface area contributed by atoms with Gasteiger partial charge in [-0.05, 0) is 61.6 Å². The molecule has 3 aromatic carbocycles. The smallest absolute Gasteiger partial charge is 0.412 e. The van der Waals surface area contributed by atoms with Crippen LogP contribution in [0.25, 0.3) is 22.5 Å². The van der Waals surface area contributed by atoms with E-state index in [0.29, 0.717) is 45.6 Å². The van der Waals surface area contributed by atoms with Gasteiger partial charge in [-0.1, -0.05) is 59.2 Å². The Morgan fingerprint density at radius 2 is 1.88 bits per heavy atom. The third-order valence-electron chi connectivity index (χ3n) is 7.33. The quantitative estimate of drug-likeness (QED) is 0.244. The Morgan fingerprint density at radius 1 is 1.12 bits per heavy atom. The summed E-state index contributed by atoms with van der Waals surface area (Å²) in [5.74, 6) is 1.10. The van der Waals surface area contributed by atoms with Gasteiger partial charge in [0.05, 0.1) is 5.41 Å². The topological polar surface area (TPSA) is 111 Å². The first-order chi connectivity index (χ1) is 19.4. The molecule has 206 valence electrons. The second kappa shape index (κ2) is 11.2. The van der Waals surface area contributed by atoms with E-state index in [1.807, 2.05) is 42.5 Å². The minimum atomic E-state index is -0.646. The number of anilines is 1. The zero-order chi connectivity index (χ0) is 28.4. The summed E-state index contributed by atoms with van der Waals surface area (Å²) in [4.78, 5) is 24.3. The number of amides is 1. The van der Waals surface area contributed by atoms with Gasteiger partial charge in [0.2, 0.25) is 0 Å². The zero-order valence-corrected chi connectivity index (χ0v) is 23.1. The molecule has 2 N–H and O–H groups in total. The third-order valence-corrected chi connectivity index (χ3v) is 7.67. The molecule has 0 spiro atoms. The fourth-order valence-corrected chi connectivity index (χ4v) is 5.22. The highest BCUT2D eigenvalue weighted by Crippen LogP contribution is 2.48. The highest BCUT2D eigenvalue weighted by molar-refractivity contribution is 6.31. The maximum absolute atomic E-state index is 12.7. The van der Waals surface area contributed by atoms with Crippen LogP contribution in [0.2, 0.25) is 5.02 Å². The van der Waals surface area contributed by atoms with E-state index in [1.54, 1.807) is 19.9 Å². The predicted octanol–water partition coefficient (Wildman–Crippen LogP) is 7.01. The van der Waals surface area contributed by atoms with Gasteiger partial charge in [0.25, 0.3) is 0 Å². The fourth-order valence-electron chi connectivity index (χ4n) is 4.93. The molecule has 1 atom stereocenters. The summed E-state index contributed by atoms with van der Waals surface area (Å²) in [6, 6.07) is 19.2. The molecule has 0 radical (unpaired) electrons. The number of aromatic nitrogens is 1. The zero-order valence-electron chi connectivity index (χ0n) is 22.4. The summed E-state index contributed by atoms with van der Waals surface area (Å²) in [6.07, 6.45) is 1.67. The van der Waals surface area contributed by atoms with E-state index in [1.165, 1.54) is 0 Å². The molecule has 1 aliphatic heterocycles. The van der Waals surface area contributed by atoms with Crippen LogP contribution in [0.1, 0.15) is 48.3 Å². The lowest BCUT2D eigenvalue weighted by molar-refractivity contribution is -0.109. The van der Waals surface area contributed by atoms with E-state index in [-0.39, 0.29) is 5.41 Å². The van der Waals surface area contributed by atoms with Crippen molar-refractivity contribution in [1.82, 2.24) is 5.16 Å². The van der Waals surface area contributed by atoms with Crippen molar-refractivity contribution in [2.24, 2.45) is 0 Å². The largest absolute Gasteiger partial charge is 0.488 e. The number of ether oxygens (including phenoxy) is 2. The van der Waals surface area contributed by atoms with Crippen molar-refractivity contribution in [3.05, 3.63) is 88.1 Å². The van der Waals surface area contributed by atoms with Crippen LogP contribution in [0.15, 0.2) is 65.2 Å². The average Bonchev–Trinajstić information content (AvgIpc) is 3.71. The summed E-state index contributed by atoms with van der Waals surface area (Å²) < 4.78 is 17.3.